The van der Waals surface area contributed by atoms with Crippen LogP contribution in [0.25, 0.3) is 0 Å². The highest BCUT2D eigenvalue weighted by Crippen LogP contribution is 2.10. The normalized spacial score (nSPS) is 19.9. The fourth-order valence-corrected chi connectivity index (χ4v) is 1.33. The number of carbonyl (C=O) groups is 2. The third-order valence-corrected chi connectivity index (χ3v) is 2.20. The first kappa shape index (κ1) is 11.8. The molecular weight excluding hydrogens is 200 g/mol. The Labute approximate surface area is 88.0 Å². The minimum atomic E-state index is -0.917. The van der Waals surface area contributed by atoms with Crippen LogP contribution in [0.1, 0.15) is 12.8 Å². The number of ether oxygens (including phenoxy) is 1. The molecule has 0 saturated carbocycles. The Morgan fingerprint density at radius 1 is 1.40 bits per heavy atom. The molecule has 0 aliphatic carbocycles. The molecule has 0 aromatic heterocycles. The van der Waals surface area contributed by atoms with Gasteiger partial charge in [0.05, 0.1) is 13.0 Å². The summed E-state index contributed by atoms with van der Waals surface area (Å²) in [5, 5.41) is 13.5. The highest BCUT2D eigenvalue weighted by atomic mass is 16.5. The molecule has 1 unspecified atom stereocenters. The first-order valence-electron chi connectivity index (χ1n) is 4.99. The molecule has 1 saturated heterocycles. The van der Waals surface area contributed by atoms with Crippen molar-refractivity contribution in [3.63, 3.8) is 0 Å². The lowest BCUT2D eigenvalue weighted by atomic mass is 10.1. The maximum Gasteiger partial charge on any atom is 0.314 e. The highest BCUT2D eigenvalue weighted by Gasteiger charge is 2.15. The minimum Gasteiger partial charge on any atom is -0.481 e. The molecule has 0 radical (unpaired) electrons. The quantitative estimate of drug-likeness (QED) is 0.593. The standard InChI is InChI=1S/C9H16N2O4/c12-8(13)1-3-10-9(14)11-5-7-2-4-15-6-7/h7H,1-6H2,(H,12,13)(H2,10,11,14). The fourth-order valence-electron chi connectivity index (χ4n) is 1.33. The molecule has 0 aromatic rings. The average Bonchev–Trinajstić information content (AvgIpc) is 2.66. The van der Waals surface area contributed by atoms with Crippen molar-refractivity contribution >= 4 is 12.0 Å². The maximum atomic E-state index is 11.1. The van der Waals surface area contributed by atoms with E-state index in [1.165, 1.54) is 0 Å². The Hall–Kier alpha value is -1.30. The largest absolute Gasteiger partial charge is 0.481 e. The van der Waals surface area contributed by atoms with Gasteiger partial charge in [0.15, 0.2) is 0 Å². The summed E-state index contributed by atoms with van der Waals surface area (Å²) in [5.74, 6) is -0.533. The molecule has 6 nitrogen and oxygen atoms in total. The number of carboxylic acid groups (broad SMARTS) is 1. The molecule has 1 fully saturated rings. The molecule has 1 aliphatic rings. The Bertz CT molecular complexity index is 226. The van der Waals surface area contributed by atoms with E-state index in [2.05, 4.69) is 10.6 Å². The van der Waals surface area contributed by atoms with Gasteiger partial charge in [0.25, 0.3) is 0 Å². The molecule has 1 heterocycles. The van der Waals surface area contributed by atoms with Gasteiger partial charge in [-0.3, -0.25) is 4.79 Å². The van der Waals surface area contributed by atoms with Gasteiger partial charge in [-0.15, -0.1) is 0 Å². The van der Waals surface area contributed by atoms with E-state index in [1.54, 1.807) is 0 Å². The van der Waals surface area contributed by atoms with Crippen molar-refractivity contribution in [1.29, 1.82) is 0 Å². The van der Waals surface area contributed by atoms with Crippen molar-refractivity contribution < 1.29 is 19.4 Å². The van der Waals surface area contributed by atoms with Crippen molar-refractivity contribution in [2.24, 2.45) is 5.92 Å². The average molecular weight is 216 g/mol. The van der Waals surface area contributed by atoms with Gasteiger partial charge in [0.1, 0.15) is 0 Å². The van der Waals surface area contributed by atoms with Crippen LogP contribution in [0, 0.1) is 5.92 Å². The fraction of sp³-hybridized carbons (Fsp3) is 0.778. The number of amides is 2. The lowest BCUT2D eigenvalue weighted by Crippen LogP contribution is -2.39. The van der Waals surface area contributed by atoms with E-state index in [0.29, 0.717) is 19.1 Å². The highest BCUT2D eigenvalue weighted by molar-refractivity contribution is 5.74. The number of hydrogen-bond donors (Lipinski definition) is 3. The Balaban J connectivity index is 2.00. The topological polar surface area (TPSA) is 87.7 Å². The second kappa shape index (κ2) is 6.23. The van der Waals surface area contributed by atoms with Crippen molar-refractivity contribution in [3.05, 3.63) is 0 Å². The third-order valence-electron chi connectivity index (χ3n) is 2.20. The Morgan fingerprint density at radius 2 is 2.20 bits per heavy atom. The number of hydrogen-bond acceptors (Lipinski definition) is 3. The van der Waals surface area contributed by atoms with E-state index in [-0.39, 0.29) is 19.0 Å². The van der Waals surface area contributed by atoms with Crippen LogP contribution in [0.5, 0.6) is 0 Å². The molecule has 2 amide bonds. The van der Waals surface area contributed by atoms with Gasteiger partial charge in [0, 0.05) is 25.6 Å². The second-order valence-corrected chi connectivity index (χ2v) is 3.51. The summed E-state index contributed by atoms with van der Waals surface area (Å²) in [4.78, 5) is 21.3. The van der Waals surface area contributed by atoms with Gasteiger partial charge in [-0.05, 0) is 6.42 Å². The summed E-state index contributed by atoms with van der Waals surface area (Å²) in [5.41, 5.74) is 0. The van der Waals surface area contributed by atoms with E-state index in [1.807, 2.05) is 0 Å². The van der Waals surface area contributed by atoms with E-state index in [4.69, 9.17) is 9.84 Å². The van der Waals surface area contributed by atoms with E-state index in [9.17, 15) is 9.59 Å². The summed E-state index contributed by atoms with van der Waals surface area (Å²) in [6.07, 6.45) is 0.912. The van der Waals surface area contributed by atoms with E-state index >= 15 is 0 Å². The lowest BCUT2D eigenvalue weighted by Gasteiger charge is -2.09. The van der Waals surface area contributed by atoms with Crippen LogP contribution in [0.3, 0.4) is 0 Å². The molecule has 1 aliphatic heterocycles. The summed E-state index contributed by atoms with van der Waals surface area (Å²) in [6.45, 7) is 2.18. The molecule has 0 spiro atoms. The van der Waals surface area contributed by atoms with Crippen molar-refractivity contribution in [2.45, 2.75) is 12.8 Å². The van der Waals surface area contributed by atoms with Crippen LogP contribution in [0.15, 0.2) is 0 Å². The SMILES string of the molecule is O=C(O)CCNC(=O)NCC1CCOC1. The number of carboxylic acids is 1. The third kappa shape index (κ3) is 5.21. The van der Waals surface area contributed by atoms with Crippen molar-refractivity contribution in [1.82, 2.24) is 10.6 Å². The van der Waals surface area contributed by atoms with Crippen LogP contribution in [-0.2, 0) is 9.53 Å². The summed E-state index contributed by atoms with van der Waals surface area (Å²) < 4.78 is 5.15. The van der Waals surface area contributed by atoms with Crippen LogP contribution >= 0.6 is 0 Å². The van der Waals surface area contributed by atoms with Gasteiger partial charge in [0.2, 0.25) is 0 Å². The molecule has 6 heteroatoms. The predicted molar refractivity (Wildman–Crippen MR) is 52.6 cm³/mol. The Kier molecular flexibility index (Phi) is 4.89. The molecular formula is C9H16N2O4. The zero-order valence-electron chi connectivity index (χ0n) is 8.49. The molecule has 1 atom stereocenters. The van der Waals surface area contributed by atoms with Crippen molar-refractivity contribution in [3.8, 4) is 0 Å². The predicted octanol–water partition coefficient (Wildman–Crippen LogP) is -0.203. The Morgan fingerprint density at radius 3 is 2.80 bits per heavy atom. The number of rotatable bonds is 5. The zero-order chi connectivity index (χ0) is 11.1. The first-order valence-corrected chi connectivity index (χ1v) is 4.99. The van der Waals surface area contributed by atoms with Gasteiger partial charge in [-0.1, -0.05) is 0 Å². The summed E-state index contributed by atoms with van der Waals surface area (Å²) in [6, 6.07) is -0.317. The van der Waals surface area contributed by atoms with Crippen LogP contribution in [0.2, 0.25) is 0 Å². The van der Waals surface area contributed by atoms with Gasteiger partial charge in [-0.25, -0.2) is 4.79 Å². The molecule has 0 aromatic carbocycles. The van der Waals surface area contributed by atoms with Crippen LogP contribution < -0.4 is 10.6 Å². The summed E-state index contributed by atoms with van der Waals surface area (Å²) >= 11 is 0. The molecule has 1 rings (SSSR count). The molecule has 15 heavy (non-hydrogen) atoms. The van der Waals surface area contributed by atoms with Gasteiger partial charge >= 0.3 is 12.0 Å². The molecule has 0 bridgehead atoms. The monoisotopic (exact) mass is 216 g/mol. The summed E-state index contributed by atoms with van der Waals surface area (Å²) in [7, 11) is 0. The number of carbonyl (C=O) groups excluding carboxylic acids is 1. The maximum absolute atomic E-state index is 11.1. The van der Waals surface area contributed by atoms with E-state index < -0.39 is 5.97 Å². The number of aliphatic carboxylic acids is 1. The smallest absolute Gasteiger partial charge is 0.314 e. The van der Waals surface area contributed by atoms with Gasteiger partial charge < -0.3 is 20.5 Å². The minimum absolute atomic E-state index is 0.0556. The number of urea groups is 1. The van der Waals surface area contributed by atoms with Gasteiger partial charge in [-0.2, -0.15) is 0 Å². The van der Waals surface area contributed by atoms with Crippen molar-refractivity contribution in [2.75, 3.05) is 26.3 Å². The van der Waals surface area contributed by atoms with Crippen LogP contribution in [-0.4, -0.2) is 43.4 Å². The van der Waals surface area contributed by atoms with E-state index in [0.717, 1.165) is 13.0 Å². The molecule has 3 N–H and O–H groups in total. The second-order valence-electron chi connectivity index (χ2n) is 3.51. The molecule has 86 valence electrons. The first-order chi connectivity index (χ1) is 7.18. The van der Waals surface area contributed by atoms with Crippen LogP contribution in [0.4, 0.5) is 4.79 Å². The zero-order valence-corrected chi connectivity index (χ0v) is 8.49. The lowest BCUT2D eigenvalue weighted by molar-refractivity contribution is -0.136. The number of nitrogens with one attached hydrogen (secondary N) is 2.